The number of nitrogens with one attached hydrogen (secondary N) is 1. The highest BCUT2D eigenvalue weighted by molar-refractivity contribution is 5.94. The third-order valence-corrected chi connectivity index (χ3v) is 4.24. The van der Waals surface area contributed by atoms with Crippen molar-refractivity contribution in [2.45, 2.75) is 20.0 Å². The first-order valence-electron chi connectivity index (χ1n) is 8.89. The number of benzene rings is 2. The Bertz CT molecular complexity index is 1120. The summed E-state index contributed by atoms with van der Waals surface area (Å²) in [7, 11) is 1.44. The number of carbonyl (C=O) groups excluding carboxylic acids is 2. The quantitative estimate of drug-likeness (QED) is 0.483. The number of esters is 1. The summed E-state index contributed by atoms with van der Waals surface area (Å²) >= 11 is 0. The Labute approximate surface area is 166 Å². The second kappa shape index (κ2) is 8.55. The van der Waals surface area contributed by atoms with Crippen molar-refractivity contribution in [2.24, 2.45) is 0 Å². The van der Waals surface area contributed by atoms with E-state index in [-0.39, 0.29) is 23.8 Å². The SMILES string of the molecule is COc1cc(C(C)=O)ccc1OCC(=O)O[C@H](C)c1nc2ccccc2c(=O)[nH]1. The maximum Gasteiger partial charge on any atom is 0.344 e. The highest BCUT2D eigenvalue weighted by atomic mass is 16.6. The molecule has 8 heteroatoms. The molecule has 3 aromatic rings. The van der Waals surface area contributed by atoms with Crippen LogP contribution in [0.4, 0.5) is 0 Å². The minimum Gasteiger partial charge on any atom is -0.493 e. The highest BCUT2D eigenvalue weighted by Crippen LogP contribution is 2.28. The lowest BCUT2D eigenvalue weighted by atomic mass is 10.1. The molecule has 1 aromatic heterocycles. The molecule has 1 N–H and O–H groups in total. The van der Waals surface area contributed by atoms with E-state index < -0.39 is 12.1 Å². The third-order valence-electron chi connectivity index (χ3n) is 4.24. The lowest BCUT2D eigenvalue weighted by Crippen LogP contribution is -2.20. The molecule has 0 bridgehead atoms. The van der Waals surface area contributed by atoms with Gasteiger partial charge in [-0.1, -0.05) is 12.1 Å². The van der Waals surface area contributed by atoms with E-state index >= 15 is 0 Å². The summed E-state index contributed by atoms with van der Waals surface area (Å²) in [5.74, 6) is 0.120. The van der Waals surface area contributed by atoms with Crippen molar-refractivity contribution in [3.63, 3.8) is 0 Å². The number of methoxy groups -OCH3 is 1. The Morgan fingerprint density at radius 1 is 1.14 bits per heavy atom. The zero-order valence-corrected chi connectivity index (χ0v) is 16.2. The first-order valence-corrected chi connectivity index (χ1v) is 8.89. The van der Waals surface area contributed by atoms with Gasteiger partial charge < -0.3 is 19.2 Å². The molecule has 8 nitrogen and oxygen atoms in total. The van der Waals surface area contributed by atoms with Crippen LogP contribution in [0.1, 0.15) is 36.1 Å². The second-order valence-electron chi connectivity index (χ2n) is 6.31. The van der Waals surface area contributed by atoms with Crippen molar-refractivity contribution in [3.8, 4) is 11.5 Å². The van der Waals surface area contributed by atoms with Crippen LogP contribution in [0.25, 0.3) is 10.9 Å². The fourth-order valence-corrected chi connectivity index (χ4v) is 2.73. The first-order chi connectivity index (χ1) is 13.9. The van der Waals surface area contributed by atoms with Crippen LogP contribution >= 0.6 is 0 Å². The number of aromatic amines is 1. The summed E-state index contributed by atoms with van der Waals surface area (Å²) in [4.78, 5) is 42.7. The fourth-order valence-electron chi connectivity index (χ4n) is 2.73. The number of Topliss-reactive ketones (excluding diaryl/α,β-unsaturated/α-hetero) is 1. The lowest BCUT2D eigenvalue weighted by Gasteiger charge is -2.14. The van der Waals surface area contributed by atoms with Gasteiger partial charge in [0.05, 0.1) is 18.0 Å². The van der Waals surface area contributed by atoms with Gasteiger partial charge in [0.15, 0.2) is 35.8 Å². The summed E-state index contributed by atoms with van der Waals surface area (Å²) in [5, 5.41) is 0.458. The molecule has 0 spiro atoms. The molecule has 3 rings (SSSR count). The number of fused-ring (bicyclic) bond motifs is 1. The molecule has 1 heterocycles. The Balaban J connectivity index is 1.67. The van der Waals surface area contributed by atoms with Gasteiger partial charge in [0.1, 0.15) is 0 Å². The van der Waals surface area contributed by atoms with Gasteiger partial charge in [0.25, 0.3) is 5.56 Å². The molecule has 0 unspecified atom stereocenters. The molecular weight excluding hydrogens is 376 g/mol. The average Bonchev–Trinajstić information content (AvgIpc) is 2.71. The third kappa shape index (κ3) is 4.60. The number of hydrogen-bond donors (Lipinski definition) is 1. The van der Waals surface area contributed by atoms with Crippen molar-refractivity contribution >= 4 is 22.7 Å². The zero-order chi connectivity index (χ0) is 21.0. The van der Waals surface area contributed by atoms with E-state index in [2.05, 4.69) is 9.97 Å². The number of ether oxygens (including phenoxy) is 3. The molecule has 0 aliphatic heterocycles. The number of para-hydroxylation sites is 1. The van der Waals surface area contributed by atoms with Crippen LogP contribution in [-0.4, -0.2) is 35.4 Å². The minimum absolute atomic E-state index is 0.111. The van der Waals surface area contributed by atoms with Crippen LogP contribution < -0.4 is 15.0 Å². The summed E-state index contributed by atoms with van der Waals surface area (Å²) in [5.41, 5.74) is 0.678. The zero-order valence-electron chi connectivity index (χ0n) is 16.2. The number of aromatic nitrogens is 2. The molecule has 2 aromatic carbocycles. The van der Waals surface area contributed by atoms with E-state index in [1.54, 1.807) is 43.3 Å². The van der Waals surface area contributed by atoms with E-state index in [9.17, 15) is 14.4 Å². The Kier molecular flexibility index (Phi) is 5.92. The number of rotatable bonds is 7. The summed E-state index contributed by atoms with van der Waals surface area (Å²) in [6, 6.07) is 11.6. The van der Waals surface area contributed by atoms with Gasteiger partial charge in [0, 0.05) is 5.56 Å². The van der Waals surface area contributed by atoms with Crippen LogP contribution in [0, 0.1) is 0 Å². The van der Waals surface area contributed by atoms with E-state index in [0.717, 1.165) is 0 Å². The second-order valence-corrected chi connectivity index (χ2v) is 6.31. The van der Waals surface area contributed by atoms with Gasteiger partial charge in [-0.25, -0.2) is 9.78 Å². The van der Waals surface area contributed by atoms with Gasteiger partial charge in [-0.2, -0.15) is 0 Å². The summed E-state index contributed by atoms with van der Waals surface area (Å²) in [6.45, 7) is 2.67. The number of H-pyrrole nitrogens is 1. The fraction of sp³-hybridized carbons (Fsp3) is 0.238. The summed E-state index contributed by atoms with van der Waals surface area (Å²) < 4.78 is 16.0. The first kappa shape index (κ1) is 20.1. The predicted octanol–water partition coefficient (Wildman–Crippen LogP) is 2.82. The van der Waals surface area contributed by atoms with Gasteiger partial charge in [-0.3, -0.25) is 9.59 Å². The van der Waals surface area contributed by atoms with E-state index in [4.69, 9.17) is 14.2 Å². The van der Waals surface area contributed by atoms with Gasteiger partial charge in [-0.05, 0) is 44.2 Å². The molecule has 0 fully saturated rings. The van der Waals surface area contributed by atoms with Crippen LogP contribution in [0.3, 0.4) is 0 Å². The van der Waals surface area contributed by atoms with E-state index in [1.165, 1.54) is 20.1 Å². The number of hydrogen-bond acceptors (Lipinski definition) is 7. The Morgan fingerprint density at radius 2 is 1.90 bits per heavy atom. The molecule has 0 saturated carbocycles. The molecule has 0 aliphatic carbocycles. The van der Waals surface area contributed by atoms with Gasteiger partial charge in [-0.15, -0.1) is 0 Å². The van der Waals surface area contributed by atoms with Crippen molar-refractivity contribution in [1.82, 2.24) is 9.97 Å². The normalized spacial score (nSPS) is 11.7. The lowest BCUT2D eigenvalue weighted by molar-refractivity contribution is -0.151. The maximum absolute atomic E-state index is 12.2. The van der Waals surface area contributed by atoms with Crippen molar-refractivity contribution in [2.75, 3.05) is 13.7 Å². The molecule has 150 valence electrons. The average molecular weight is 396 g/mol. The topological polar surface area (TPSA) is 108 Å². The van der Waals surface area contributed by atoms with Gasteiger partial charge >= 0.3 is 5.97 Å². The van der Waals surface area contributed by atoms with Crippen molar-refractivity contribution in [3.05, 3.63) is 64.2 Å². The Hall–Kier alpha value is -3.68. The molecule has 0 saturated heterocycles. The molecular formula is C21H20N2O6. The maximum atomic E-state index is 12.2. The number of ketones is 1. The molecule has 1 atom stereocenters. The smallest absolute Gasteiger partial charge is 0.344 e. The summed E-state index contributed by atoms with van der Waals surface area (Å²) in [6.07, 6.45) is -0.773. The number of carbonyl (C=O) groups is 2. The van der Waals surface area contributed by atoms with Crippen LogP contribution in [0.5, 0.6) is 11.5 Å². The van der Waals surface area contributed by atoms with Crippen LogP contribution in [-0.2, 0) is 9.53 Å². The van der Waals surface area contributed by atoms with Gasteiger partial charge in [0.2, 0.25) is 0 Å². The van der Waals surface area contributed by atoms with Crippen LogP contribution in [0.2, 0.25) is 0 Å². The molecule has 0 amide bonds. The van der Waals surface area contributed by atoms with E-state index in [1.807, 2.05) is 0 Å². The van der Waals surface area contributed by atoms with E-state index in [0.29, 0.717) is 28.0 Å². The standard InChI is InChI=1S/C21H20N2O6/c1-12(24)14-8-9-17(18(10-14)27-3)28-11-19(25)29-13(2)20-22-16-7-5-4-6-15(16)21(26)23-20/h4-10,13H,11H2,1-3H3,(H,22,23,26)/t13-/m1/s1. The van der Waals surface area contributed by atoms with Crippen molar-refractivity contribution in [1.29, 1.82) is 0 Å². The number of nitrogens with zero attached hydrogens (tertiary/aromatic N) is 1. The Morgan fingerprint density at radius 3 is 2.62 bits per heavy atom. The predicted molar refractivity (Wildman–Crippen MR) is 105 cm³/mol. The molecule has 29 heavy (non-hydrogen) atoms. The van der Waals surface area contributed by atoms with Crippen LogP contribution in [0.15, 0.2) is 47.3 Å². The molecule has 0 radical (unpaired) electrons. The monoisotopic (exact) mass is 396 g/mol. The highest BCUT2D eigenvalue weighted by Gasteiger charge is 2.17. The largest absolute Gasteiger partial charge is 0.493 e. The minimum atomic E-state index is -0.773. The van der Waals surface area contributed by atoms with Crippen molar-refractivity contribution < 1.29 is 23.8 Å². The molecule has 0 aliphatic rings.